The van der Waals surface area contributed by atoms with Gasteiger partial charge in [0.1, 0.15) is 5.01 Å². The lowest BCUT2D eigenvalue weighted by Gasteiger charge is -2.43. The van der Waals surface area contributed by atoms with Gasteiger partial charge in [-0.1, -0.05) is 36.8 Å². The Balaban J connectivity index is 1.40. The second-order valence-corrected chi connectivity index (χ2v) is 8.75. The summed E-state index contributed by atoms with van der Waals surface area (Å²) < 4.78 is 0. The molecular weight excluding hydrogens is 342 g/mol. The van der Waals surface area contributed by atoms with Crippen molar-refractivity contribution in [2.75, 3.05) is 0 Å². The van der Waals surface area contributed by atoms with E-state index in [-0.39, 0.29) is 17.9 Å². The number of hydrogen-bond donors (Lipinski definition) is 2. The number of benzene rings is 1. The highest BCUT2D eigenvalue weighted by Gasteiger charge is 2.40. The standard InChI is InChI=1S/C21H27N3OS/c1-13(21-24-18(12-26-21)14-6-3-2-4-7-14)23-20(25)17-10-15-8-5-9-16(11-17)19(15)22/h2-4,6-7,12-13,15-17,19H,5,8-11,22H2,1H3,(H,23,25). The van der Waals surface area contributed by atoms with Gasteiger partial charge in [-0.2, -0.15) is 0 Å². The molecule has 26 heavy (non-hydrogen) atoms. The van der Waals surface area contributed by atoms with Crippen LogP contribution in [0.4, 0.5) is 0 Å². The molecule has 0 aliphatic heterocycles. The lowest BCUT2D eigenvalue weighted by atomic mass is 9.65. The second-order valence-electron chi connectivity index (χ2n) is 7.86. The summed E-state index contributed by atoms with van der Waals surface area (Å²) in [7, 11) is 0. The highest BCUT2D eigenvalue weighted by Crippen LogP contribution is 2.42. The first kappa shape index (κ1) is 17.7. The van der Waals surface area contributed by atoms with Gasteiger partial charge in [0.15, 0.2) is 0 Å². The predicted molar refractivity (Wildman–Crippen MR) is 106 cm³/mol. The first-order valence-electron chi connectivity index (χ1n) is 9.68. The van der Waals surface area contributed by atoms with Gasteiger partial charge in [0, 0.05) is 22.9 Å². The highest BCUT2D eigenvalue weighted by molar-refractivity contribution is 7.10. The maximum Gasteiger partial charge on any atom is 0.223 e. The molecule has 2 bridgehead atoms. The second kappa shape index (κ2) is 7.49. The summed E-state index contributed by atoms with van der Waals surface area (Å²) in [5.41, 5.74) is 8.45. The molecule has 3 N–H and O–H groups in total. The Labute approximate surface area is 159 Å². The molecule has 2 aliphatic rings. The summed E-state index contributed by atoms with van der Waals surface area (Å²) in [5.74, 6) is 1.34. The smallest absolute Gasteiger partial charge is 0.223 e. The topological polar surface area (TPSA) is 68.0 Å². The Kier molecular flexibility index (Phi) is 5.09. The molecule has 1 aromatic carbocycles. The molecule has 2 aliphatic carbocycles. The van der Waals surface area contributed by atoms with Crippen LogP contribution in [0.5, 0.6) is 0 Å². The van der Waals surface area contributed by atoms with Crippen LogP contribution in [0.3, 0.4) is 0 Å². The van der Waals surface area contributed by atoms with Crippen LogP contribution in [0.2, 0.25) is 0 Å². The molecule has 2 fully saturated rings. The summed E-state index contributed by atoms with van der Waals surface area (Å²) in [6.45, 7) is 2.03. The van der Waals surface area contributed by atoms with Crippen molar-refractivity contribution in [3.63, 3.8) is 0 Å². The molecule has 3 unspecified atom stereocenters. The SMILES string of the molecule is CC(NC(=O)C1CC2CCCC(C1)C2N)c1nc(-c2ccccc2)cs1. The number of thiazole rings is 1. The first-order chi connectivity index (χ1) is 12.6. The van der Waals surface area contributed by atoms with Gasteiger partial charge in [0.05, 0.1) is 11.7 Å². The van der Waals surface area contributed by atoms with E-state index in [4.69, 9.17) is 10.7 Å². The highest BCUT2D eigenvalue weighted by atomic mass is 32.1. The fourth-order valence-corrected chi connectivity index (χ4v) is 5.46. The zero-order valence-electron chi connectivity index (χ0n) is 15.2. The van der Waals surface area contributed by atoms with Crippen molar-refractivity contribution >= 4 is 17.2 Å². The third-order valence-electron chi connectivity index (χ3n) is 6.10. The van der Waals surface area contributed by atoms with Crippen LogP contribution in [0.15, 0.2) is 35.7 Å². The Morgan fingerprint density at radius 2 is 1.92 bits per heavy atom. The lowest BCUT2D eigenvalue weighted by molar-refractivity contribution is -0.128. The van der Waals surface area contributed by atoms with Crippen LogP contribution in [0.1, 0.15) is 50.1 Å². The first-order valence-corrected chi connectivity index (χ1v) is 10.6. The minimum atomic E-state index is -0.0552. The van der Waals surface area contributed by atoms with Crippen LogP contribution >= 0.6 is 11.3 Å². The molecule has 3 atom stereocenters. The van der Waals surface area contributed by atoms with E-state index in [2.05, 4.69) is 22.8 Å². The summed E-state index contributed by atoms with van der Waals surface area (Å²) >= 11 is 1.61. The largest absolute Gasteiger partial charge is 0.347 e. The van der Waals surface area contributed by atoms with Gasteiger partial charge in [0.25, 0.3) is 0 Å². The maximum absolute atomic E-state index is 12.8. The fraction of sp³-hybridized carbons (Fsp3) is 0.524. The van der Waals surface area contributed by atoms with Gasteiger partial charge in [-0.05, 0) is 44.4 Å². The van der Waals surface area contributed by atoms with Gasteiger partial charge < -0.3 is 11.1 Å². The van der Waals surface area contributed by atoms with Crippen molar-refractivity contribution < 1.29 is 4.79 Å². The predicted octanol–water partition coefficient (Wildman–Crippen LogP) is 4.14. The number of carbonyl (C=O) groups is 1. The molecule has 2 aromatic rings. The number of fused-ring (bicyclic) bond motifs is 2. The Bertz CT molecular complexity index is 746. The molecule has 1 amide bonds. The minimum absolute atomic E-state index is 0.0552. The van der Waals surface area contributed by atoms with Crippen LogP contribution in [-0.4, -0.2) is 16.9 Å². The van der Waals surface area contributed by atoms with E-state index in [9.17, 15) is 4.79 Å². The van der Waals surface area contributed by atoms with E-state index in [0.29, 0.717) is 17.9 Å². The molecule has 138 valence electrons. The minimum Gasteiger partial charge on any atom is -0.347 e. The quantitative estimate of drug-likeness (QED) is 0.851. The number of rotatable bonds is 4. The molecule has 0 radical (unpaired) electrons. The van der Waals surface area contributed by atoms with E-state index in [1.165, 1.54) is 19.3 Å². The van der Waals surface area contributed by atoms with E-state index in [0.717, 1.165) is 29.1 Å². The van der Waals surface area contributed by atoms with E-state index < -0.39 is 0 Å². The van der Waals surface area contributed by atoms with Crippen molar-refractivity contribution in [3.8, 4) is 11.3 Å². The van der Waals surface area contributed by atoms with Crippen molar-refractivity contribution in [2.24, 2.45) is 23.5 Å². The maximum atomic E-state index is 12.8. The average Bonchev–Trinajstić information content (AvgIpc) is 3.12. The van der Waals surface area contributed by atoms with Gasteiger partial charge in [-0.15, -0.1) is 11.3 Å². The van der Waals surface area contributed by atoms with Gasteiger partial charge in [0.2, 0.25) is 5.91 Å². The summed E-state index contributed by atoms with van der Waals surface area (Å²) in [4.78, 5) is 17.6. The van der Waals surface area contributed by atoms with Crippen molar-refractivity contribution in [3.05, 3.63) is 40.7 Å². The molecule has 5 heteroatoms. The van der Waals surface area contributed by atoms with Crippen molar-refractivity contribution in [1.82, 2.24) is 10.3 Å². The number of amides is 1. The lowest BCUT2D eigenvalue weighted by Crippen LogP contribution is -2.49. The van der Waals surface area contributed by atoms with Gasteiger partial charge in [-0.3, -0.25) is 4.79 Å². The summed E-state index contributed by atoms with van der Waals surface area (Å²) in [5, 5.41) is 6.23. The number of hydrogen-bond acceptors (Lipinski definition) is 4. The van der Waals surface area contributed by atoms with Gasteiger partial charge >= 0.3 is 0 Å². The zero-order chi connectivity index (χ0) is 18.1. The number of nitrogens with zero attached hydrogens (tertiary/aromatic N) is 1. The molecule has 1 heterocycles. The molecule has 2 saturated carbocycles. The number of aromatic nitrogens is 1. The summed E-state index contributed by atoms with van der Waals surface area (Å²) in [6.07, 6.45) is 5.54. The van der Waals surface area contributed by atoms with E-state index >= 15 is 0 Å². The Morgan fingerprint density at radius 3 is 2.62 bits per heavy atom. The van der Waals surface area contributed by atoms with Crippen LogP contribution < -0.4 is 11.1 Å². The normalized spacial score (nSPS) is 29.2. The number of carbonyl (C=O) groups excluding carboxylic acids is 1. The molecular formula is C21H27N3OS. The third kappa shape index (κ3) is 3.55. The molecule has 4 rings (SSSR count). The molecule has 0 spiro atoms. The fourth-order valence-electron chi connectivity index (χ4n) is 4.62. The number of nitrogens with two attached hydrogens (primary N) is 1. The van der Waals surface area contributed by atoms with E-state index in [1.54, 1.807) is 11.3 Å². The number of nitrogens with one attached hydrogen (secondary N) is 1. The van der Waals surface area contributed by atoms with Crippen molar-refractivity contribution in [2.45, 2.75) is 51.1 Å². The molecule has 1 aromatic heterocycles. The zero-order valence-corrected chi connectivity index (χ0v) is 16.0. The third-order valence-corrected chi connectivity index (χ3v) is 7.13. The Morgan fingerprint density at radius 1 is 1.23 bits per heavy atom. The van der Waals surface area contributed by atoms with Crippen LogP contribution in [-0.2, 0) is 4.79 Å². The summed E-state index contributed by atoms with van der Waals surface area (Å²) in [6, 6.07) is 10.4. The van der Waals surface area contributed by atoms with Crippen molar-refractivity contribution in [1.29, 1.82) is 0 Å². The monoisotopic (exact) mass is 369 g/mol. The van der Waals surface area contributed by atoms with Crippen LogP contribution in [0, 0.1) is 17.8 Å². The average molecular weight is 370 g/mol. The van der Waals surface area contributed by atoms with Gasteiger partial charge in [-0.25, -0.2) is 4.98 Å². The van der Waals surface area contributed by atoms with E-state index in [1.807, 2.05) is 25.1 Å². The molecule has 0 saturated heterocycles. The Hall–Kier alpha value is -1.72. The molecule has 4 nitrogen and oxygen atoms in total. The van der Waals surface area contributed by atoms with Crippen LogP contribution in [0.25, 0.3) is 11.3 Å².